The van der Waals surface area contributed by atoms with Crippen LogP contribution in [0.3, 0.4) is 0 Å². The molecule has 1 aliphatic rings. The molecule has 0 saturated heterocycles. The Labute approximate surface area is 121 Å². The first-order chi connectivity index (χ1) is 9.72. The number of hydrogen-bond acceptors (Lipinski definition) is 2. The molecule has 0 bridgehead atoms. The molecule has 20 heavy (non-hydrogen) atoms. The van der Waals surface area contributed by atoms with Crippen LogP contribution in [0.15, 0.2) is 24.3 Å². The van der Waals surface area contributed by atoms with E-state index in [0.717, 1.165) is 24.0 Å². The van der Waals surface area contributed by atoms with Crippen LogP contribution in [0.2, 0.25) is 0 Å². The fourth-order valence-corrected chi connectivity index (χ4v) is 2.88. The summed E-state index contributed by atoms with van der Waals surface area (Å²) >= 11 is 0. The molecule has 0 saturated carbocycles. The first kappa shape index (κ1) is 15.0. The normalized spacial score (nSPS) is 20.7. The van der Waals surface area contributed by atoms with Crippen LogP contribution in [-0.4, -0.2) is 17.1 Å². The van der Waals surface area contributed by atoms with Gasteiger partial charge >= 0.3 is 0 Å². The maximum absolute atomic E-state index is 12.0. The van der Waals surface area contributed by atoms with Crippen molar-refractivity contribution in [2.24, 2.45) is 0 Å². The lowest BCUT2D eigenvalue weighted by Gasteiger charge is -2.18. The van der Waals surface area contributed by atoms with Crippen LogP contribution in [0.25, 0.3) is 0 Å². The summed E-state index contributed by atoms with van der Waals surface area (Å²) < 4.78 is 0. The fraction of sp³-hybridized carbons (Fsp3) is 0.588. The summed E-state index contributed by atoms with van der Waals surface area (Å²) in [5.74, 6) is 0.0576. The van der Waals surface area contributed by atoms with E-state index in [0.29, 0.717) is 12.8 Å². The van der Waals surface area contributed by atoms with Gasteiger partial charge in [-0.1, -0.05) is 56.9 Å². The molecule has 3 nitrogen and oxygen atoms in total. The lowest BCUT2D eigenvalue weighted by molar-refractivity contribution is -0.122. The number of hydrogen-bond donors (Lipinski definition) is 2. The van der Waals surface area contributed by atoms with E-state index in [9.17, 15) is 9.90 Å². The van der Waals surface area contributed by atoms with E-state index in [1.165, 1.54) is 19.3 Å². The van der Waals surface area contributed by atoms with E-state index in [4.69, 9.17) is 0 Å². The van der Waals surface area contributed by atoms with Gasteiger partial charge in [0.05, 0.1) is 12.1 Å². The predicted molar refractivity (Wildman–Crippen MR) is 80.4 cm³/mol. The number of aliphatic hydroxyl groups excluding tert-OH is 1. The standard InChI is InChI=1S/C17H25NO2/c1-2-3-4-5-6-11-16(20)18-17-14-10-8-7-9-13(14)12-15(17)19/h7-10,15,17,19H,2-6,11-12H2,1H3,(H,18,20)/t15-,17+/m0/s1. The van der Waals surface area contributed by atoms with Gasteiger partial charge in [0.1, 0.15) is 0 Å². The number of unbranched alkanes of at least 4 members (excludes halogenated alkanes) is 4. The predicted octanol–water partition coefficient (Wildman–Crippen LogP) is 3.12. The average Bonchev–Trinajstić information content (AvgIpc) is 2.75. The molecular weight excluding hydrogens is 250 g/mol. The van der Waals surface area contributed by atoms with E-state index >= 15 is 0 Å². The van der Waals surface area contributed by atoms with E-state index in [-0.39, 0.29) is 11.9 Å². The number of rotatable bonds is 7. The summed E-state index contributed by atoms with van der Waals surface area (Å²) in [5.41, 5.74) is 2.22. The summed E-state index contributed by atoms with van der Waals surface area (Å²) in [6, 6.07) is 7.73. The first-order valence-corrected chi connectivity index (χ1v) is 7.77. The topological polar surface area (TPSA) is 49.3 Å². The molecule has 0 fully saturated rings. The largest absolute Gasteiger partial charge is 0.390 e. The number of carbonyl (C=O) groups excluding carboxylic acids is 1. The Morgan fingerprint density at radius 1 is 1.25 bits per heavy atom. The second-order valence-electron chi connectivity index (χ2n) is 5.68. The van der Waals surface area contributed by atoms with Gasteiger partial charge in [-0.2, -0.15) is 0 Å². The van der Waals surface area contributed by atoms with Crippen LogP contribution in [0.1, 0.15) is 62.6 Å². The minimum absolute atomic E-state index is 0.0576. The zero-order chi connectivity index (χ0) is 14.4. The molecule has 0 unspecified atom stereocenters. The van der Waals surface area contributed by atoms with Crippen molar-refractivity contribution >= 4 is 5.91 Å². The van der Waals surface area contributed by atoms with Gasteiger partial charge in [0, 0.05) is 12.8 Å². The molecule has 0 spiro atoms. The van der Waals surface area contributed by atoms with Crippen LogP contribution in [-0.2, 0) is 11.2 Å². The van der Waals surface area contributed by atoms with E-state index in [1.807, 2.05) is 24.3 Å². The molecule has 1 aliphatic carbocycles. The molecule has 110 valence electrons. The summed E-state index contributed by atoms with van der Waals surface area (Å²) in [6.07, 6.45) is 6.44. The van der Waals surface area contributed by atoms with E-state index in [2.05, 4.69) is 12.2 Å². The monoisotopic (exact) mass is 275 g/mol. The van der Waals surface area contributed by atoms with Crippen molar-refractivity contribution in [1.29, 1.82) is 0 Å². The number of amides is 1. The Kier molecular flexibility index (Phi) is 5.60. The van der Waals surface area contributed by atoms with Crippen molar-refractivity contribution in [2.75, 3.05) is 0 Å². The number of aliphatic hydroxyl groups is 1. The molecule has 0 aromatic heterocycles. The minimum Gasteiger partial charge on any atom is -0.390 e. The van der Waals surface area contributed by atoms with Crippen LogP contribution >= 0.6 is 0 Å². The Morgan fingerprint density at radius 3 is 2.80 bits per heavy atom. The van der Waals surface area contributed by atoms with E-state index < -0.39 is 6.10 Å². The SMILES string of the molecule is CCCCCCCC(=O)N[C@@H]1c2ccccc2C[C@@H]1O. The van der Waals surface area contributed by atoms with Gasteiger partial charge in [-0.25, -0.2) is 0 Å². The van der Waals surface area contributed by atoms with Gasteiger partial charge in [0.25, 0.3) is 0 Å². The maximum atomic E-state index is 12.0. The van der Waals surface area contributed by atoms with Crippen molar-refractivity contribution in [3.63, 3.8) is 0 Å². The van der Waals surface area contributed by atoms with E-state index in [1.54, 1.807) is 0 Å². The van der Waals surface area contributed by atoms with Gasteiger partial charge in [-0.15, -0.1) is 0 Å². The fourth-order valence-electron chi connectivity index (χ4n) is 2.88. The average molecular weight is 275 g/mol. The Bertz CT molecular complexity index is 444. The van der Waals surface area contributed by atoms with Crippen LogP contribution in [0.5, 0.6) is 0 Å². The molecule has 3 heteroatoms. The van der Waals surface area contributed by atoms with Crippen LogP contribution < -0.4 is 5.32 Å². The van der Waals surface area contributed by atoms with Crippen molar-refractivity contribution in [1.82, 2.24) is 5.32 Å². The highest BCUT2D eigenvalue weighted by Crippen LogP contribution is 2.31. The molecule has 1 aromatic carbocycles. The highest BCUT2D eigenvalue weighted by Gasteiger charge is 2.31. The smallest absolute Gasteiger partial charge is 0.220 e. The number of fused-ring (bicyclic) bond motifs is 1. The summed E-state index contributed by atoms with van der Waals surface area (Å²) in [4.78, 5) is 12.0. The summed E-state index contributed by atoms with van der Waals surface area (Å²) in [5, 5.41) is 13.1. The third-order valence-corrected chi connectivity index (χ3v) is 4.03. The quantitative estimate of drug-likeness (QED) is 0.751. The second-order valence-corrected chi connectivity index (χ2v) is 5.68. The van der Waals surface area contributed by atoms with Crippen molar-refractivity contribution in [3.8, 4) is 0 Å². The lowest BCUT2D eigenvalue weighted by atomic mass is 10.1. The number of benzene rings is 1. The molecule has 0 heterocycles. The highest BCUT2D eigenvalue weighted by molar-refractivity contribution is 5.76. The van der Waals surface area contributed by atoms with Crippen molar-refractivity contribution in [2.45, 2.75) is 64.0 Å². The molecular formula is C17H25NO2. The first-order valence-electron chi connectivity index (χ1n) is 7.77. The van der Waals surface area contributed by atoms with Crippen molar-refractivity contribution in [3.05, 3.63) is 35.4 Å². The third-order valence-electron chi connectivity index (χ3n) is 4.03. The Morgan fingerprint density at radius 2 is 2.00 bits per heavy atom. The molecule has 0 aliphatic heterocycles. The Hall–Kier alpha value is -1.35. The lowest BCUT2D eigenvalue weighted by Crippen LogP contribution is -2.33. The number of nitrogens with one attached hydrogen (secondary N) is 1. The van der Waals surface area contributed by atoms with Gasteiger partial charge in [-0.3, -0.25) is 4.79 Å². The third kappa shape index (κ3) is 3.83. The molecule has 2 rings (SSSR count). The Balaban J connectivity index is 1.80. The zero-order valence-corrected chi connectivity index (χ0v) is 12.3. The highest BCUT2D eigenvalue weighted by atomic mass is 16.3. The van der Waals surface area contributed by atoms with Gasteiger partial charge in [0.2, 0.25) is 5.91 Å². The molecule has 1 amide bonds. The minimum atomic E-state index is -0.489. The maximum Gasteiger partial charge on any atom is 0.220 e. The van der Waals surface area contributed by atoms with Crippen LogP contribution in [0.4, 0.5) is 0 Å². The molecule has 1 aromatic rings. The molecule has 2 atom stereocenters. The van der Waals surface area contributed by atoms with Gasteiger partial charge in [-0.05, 0) is 17.5 Å². The zero-order valence-electron chi connectivity index (χ0n) is 12.3. The molecule has 0 radical (unpaired) electrons. The second kappa shape index (κ2) is 7.44. The number of carbonyl (C=O) groups is 1. The summed E-state index contributed by atoms with van der Waals surface area (Å²) in [6.45, 7) is 2.19. The summed E-state index contributed by atoms with van der Waals surface area (Å²) in [7, 11) is 0. The van der Waals surface area contributed by atoms with Gasteiger partial charge in [0.15, 0.2) is 0 Å². The van der Waals surface area contributed by atoms with Crippen LogP contribution in [0, 0.1) is 0 Å². The van der Waals surface area contributed by atoms with Gasteiger partial charge < -0.3 is 10.4 Å². The molecule has 2 N–H and O–H groups in total. The van der Waals surface area contributed by atoms with Crippen molar-refractivity contribution < 1.29 is 9.90 Å².